The minimum atomic E-state index is -2.63. The molecule has 5 rings (SSSR count). The van der Waals surface area contributed by atoms with E-state index >= 15 is 0 Å². The van der Waals surface area contributed by atoms with Gasteiger partial charge in [-0.3, -0.25) is 9.69 Å². The molecule has 190 valence electrons. The van der Waals surface area contributed by atoms with E-state index in [-0.39, 0.29) is 11.4 Å². The summed E-state index contributed by atoms with van der Waals surface area (Å²) >= 11 is 0. The monoisotopic (exact) mass is 502 g/mol. The van der Waals surface area contributed by atoms with Crippen molar-refractivity contribution in [2.75, 3.05) is 19.6 Å². The molecule has 0 radical (unpaired) electrons. The largest absolute Gasteiger partial charge is 0.494 e. The number of aliphatic imine (C=N–C) groups is 1. The van der Waals surface area contributed by atoms with Crippen LogP contribution in [-0.2, 0) is 6.54 Å². The number of halogens is 2. The number of carbonyl (C=O) groups is 1. The Morgan fingerprint density at radius 3 is 2.43 bits per heavy atom. The van der Waals surface area contributed by atoms with Crippen LogP contribution in [0.15, 0.2) is 77.8 Å². The number of H-pyrrole nitrogens is 1. The number of hydrogen-bond donors (Lipinski definition) is 3. The van der Waals surface area contributed by atoms with E-state index in [1.165, 1.54) is 24.5 Å². The van der Waals surface area contributed by atoms with Crippen LogP contribution in [0.4, 0.5) is 14.5 Å². The van der Waals surface area contributed by atoms with Gasteiger partial charge >= 0.3 is 0 Å². The van der Waals surface area contributed by atoms with Gasteiger partial charge in [-0.2, -0.15) is 0 Å². The van der Waals surface area contributed by atoms with Gasteiger partial charge in [-0.15, -0.1) is 0 Å². The first-order valence-corrected chi connectivity index (χ1v) is 12.3. The lowest BCUT2D eigenvalue weighted by Crippen LogP contribution is -2.28. The number of fused-ring (bicyclic) bond motifs is 1. The first kappa shape index (κ1) is 24.6. The number of alkyl halides is 2. The minimum absolute atomic E-state index is 0.0894. The molecular weight excluding hydrogens is 474 g/mol. The van der Waals surface area contributed by atoms with E-state index < -0.39 is 18.9 Å². The summed E-state index contributed by atoms with van der Waals surface area (Å²) in [5.74, 6) is -0.697. The molecule has 0 bridgehead atoms. The van der Waals surface area contributed by atoms with Gasteiger partial charge in [0.1, 0.15) is 0 Å². The average molecular weight is 503 g/mol. The van der Waals surface area contributed by atoms with Crippen LogP contribution in [0, 0.1) is 0 Å². The van der Waals surface area contributed by atoms with Crippen LogP contribution in [0.2, 0.25) is 0 Å². The Balaban J connectivity index is 1.50. The lowest BCUT2D eigenvalue weighted by molar-refractivity contribution is 0.0892. The van der Waals surface area contributed by atoms with Crippen LogP contribution in [0.25, 0.3) is 10.9 Å². The van der Waals surface area contributed by atoms with Gasteiger partial charge in [0, 0.05) is 28.6 Å². The second kappa shape index (κ2) is 10.9. The molecule has 4 aromatic rings. The van der Waals surface area contributed by atoms with Crippen LogP contribution >= 0.6 is 0 Å². The van der Waals surface area contributed by atoms with E-state index in [4.69, 9.17) is 4.99 Å². The quantitative estimate of drug-likeness (QED) is 0.273. The second-order valence-electron chi connectivity index (χ2n) is 9.19. The Morgan fingerprint density at radius 1 is 1.00 bits per heavy atom. The van der Waals surface area contributed by atoms with Crippen molar-refractivity contribution in [1.29, 1.82) is 0 Å². The molecule has 2 heterocycles. The van der Waals surface area contributed by atoms with Crippen molar-refractivity contribution < 1.29 is 18.7 Å². The zero-order valence-electron chi connectivity index (χ0n) is 20.3. The maximum atomic E-state index is 12.5. The highest BCUT2D eigenvalue weighted by Crippen LogP contribution is 2.32. The van der Waals surface area contributed by atoms with E-state index in [2.05, 4.69) is 27.3 Å². The maximum Gasteiger partial charge on any atom is 0.255 e. The van der Waals surface area contributed by atoms with Crippen LogP contribution in [0.3, 0.4) is 0 Å². The van der Waals surface area contributed by atoms with Gasteiger partial charge in [0.15, 0.2) is 5.88 Å². The lowest BCUT2D eigenvalue weighted by Gasteiger charge is -2.14. The van der Waals surface area contributed by atoms with Crippen LogP contribution in [0.1, 0.15) is 39.9 Å². The Hall–Kier alpha value is -4.04. The van der Waals surface area contributed by atoms with Crippen LogP contribution < -0.4 is 5.32 Å². The van der Waals surface area contributed by atoms with Crippen molar-refractivity contribution >= 4 is 28.2 Å². The molecule has 0 saturated carbocycles. The second-order valence-corrected chi connectivity index (χ2v) is 9.19. The van der Waals surface area contributed by atoms with Crippen LogP contribution in [-0.4, -0.2) is 52.7 Å². The van der Waals surface area contributed by atoms with E-state index in [9.17, 15) is 18.7 Å². The molecule has 3 aromatic carbocycles. The summed E-state index contributed by atoms with van der Waals surface area (Å²) in [5.41, 5.74) is 4.59. The van der Waals surface area contributed by atoms with Gasteiger partial charge in [-0.1, -0.05) is 48.5 Å². The third kappa shape index (κ3) is 5.70. The molecule has 1 saturated heterocycles. The third-order valence-electron chi connectivity index (χ3n) is 6.52. The summed E-state index contributed by atoms with van der Waals surface area (Å²) in [6.45, 7) is 2.46. The van der Waals surface area contributed by atoms with Crippen LogP contribution in [0.5, 0.6) is 5.88 Å². The predicted octanol–water partition coefficient (Wildman–Crippen LogP) is 5.63. The number of aromatic hydroxyl groups is 1. The number of nitrogens with zero attached hydrogens (tertiary/aromatic N) is 2. The van der Waals surface area contributed by atoms with E-state index in [0.717, 1.165) is 30.9 Å². The molecule has 1 amide bonds. The molecule has 6 nitrogen and oxygen atoms in total. The van der Waals surface area contributed by atoms with Gasteiger partial charge in [0.05, 0.1) is 23.5 Å². The Labute approximate surface area is 213 Å². The normalized spacial score (nSPS) is 14.5. The Kier molecular flexibility index (Phi) is 7.28. The number of benzene rings is 3. The molecular formula is C29H28F2N4O2. The van der Waals surface area contributed by atoms with E-state index in [0.29, 0.717) is 22.2 Å². The smallest absolute Gasteiger partial charge is 0.255 e. The molecule has 1 aliphatic heterocycles. The fourth-order valence-electron chi connectivity index (χ4n) is 4.70. The molecule has 0 aliphatic carbocycles. The van der Waals surface area contributed by atoms with E-state index in [1.54, 1.807) is 12.1 Å². The van der Waals surface area contributed by atoms with Crippen molar-refractivity contribution in [2.24, 2.45) is 4.99 Å². The SMILES string of the molecule is O=C(NCC(F)F)c1ccc2c(C(=Nc3ccc(CN4CCCC4)cc3)c3ccccc3)c(O)[nH]c2c1. The zero-order chi connectivity index (χ0) is 25.8. The lowest BCUT2D eigenvalue weighted by atomic mass is 10.00. The molecule has 3 N–H and O–H groups in total. The summed E-state index contributed by atoms with van der Waals surface area (Å²) in [6, 6.07) is 22.5. The Morgan fingerprint density at radius 2 is 1.73 bits per heavy atom. The summed E-state index contributed by atoms with van der Waals surface area (Å²) in [5, 5.41) is 13.8. The fourth-order valence-corrected chi connectivity index (χ4v) is 4.70. The van der Waals surface area contributed by atoms with E-state index in [1.807, 2.05) is 42.5 Å². The summed E-state index contributed by atoms with van der Waals surface area (Å²) < 4.78 is 25.0. The highest BCUT2D eigenvalue weighted by atomic mass is 19.3. The standard InChI is InChI=1S/C29H28F2N4O2/c30-25(31)17-32-28(36)21-10-13-23-24(16-21)34-29(37)26(23)27(20-6-2-1-3-7-20)33-22-11-8-19(9-12-22)18-35-14-4-5-15-35/h1-3,6-13,16,25,34,37H,4-5,14-15,17-18H2,(H,32,36). The minimum Gasteiger partial charge on any atom is -0.494 e. The average Bonchev–Trinajstić information content (AvgIpc) is 3.53. The first-order valence-electron chi connectivity index (χ1n) is 12.3. The summed E-state index contributed by atoms with van der Waals surface area (Å²) in [7, 11) is 0. The zero-order valence-corrected chi connectivity index (χ0v) is 20.3. The number of carbonyl (C=O) groups excluding carboxylic acids is 1. The number of rotatable bonds is 8. The maximum absolute atomic E-state index is 12.5. The third-order valence-corrected chi connectivity index (χ3v) is 6.52. The number of hydrogen-bond acceptors (Lipinski definition) is 4. The molecule has 0 unspecified atom stereocenters. The van der Waals surface area contributed by atoms with Gasteiger partial charge < -0.3 is 15.4 Å². The fraction of sp³-hybridized carbons (Fsp3) is 0.241. The van der Waals surface area contributed by atoms with Crippen molar-refractivity contribution in [3.8, 4) is 5.88 Å². The molecule has 37 heavy (non-hydrogen) atoms. The molecule has 1 fully saturated rings. The van der Waals surface area contributed by atoms with Gasteiger partial charge in [-0.25, -0.2) is 13.8 Å². The summed E-state index contributed by atoms with van der Waals surface area (Å²) in [4.78, 5) is 22.5. The molecule has 0 spiro atoms. The number of nitrogens with one attached hydrogen (secondary N) is 2. The summed E-state index contributed by atoms with van der Waals surface area (Å²) in [6.07, 6.45) is -0.134. The number of likely N-dealkylation sites (tertiary alicyclic amines) is 1. The topological polar surface area (TPSA) is 80.7 Å². The Bertz CT molecular complexity index is 1410. The molecule has 8 heteroatoms. The number of amides is 1. The highest BCUT2D eigenvalue weighted by molar-refractivity contribution is 6.22. The van der Waals surface area contributed by atoms with Crippen molar-refractivity contribution in [3.63, 3.8) is 0 Å². The van der Waals surface area contributed by atoms with Crippen molar-refractivity contribution in [1.82, 2.24) is 15.2 Å². The number of aromatic nitrogens is 1. The van der Waals surface area contributed by atoms with Crippen molar-refractivity contribution in [2.45, 2.75) is 25.8 Å². The highest BCUT2D eigenvalue weighted by Gasteiger charge is 2.20. The number of aromatic amines is 1. The van der Waals surface area contributed by atoms with Gasteiger partial charge in [0.2, 0.25) is 0 Å². The molecule has 0 atom stereocenters. The van der Waals surface area contributed by atoms with Gasteiger partial charge in [0.25, 0.3) is 12.3 Å². The predicted molar refractivity (Wildman–Crippen MR) is 141 cm³/mol. The van der Waals surface area contributed by atoms with Gasteiger partial charge in [-0.05, 0) is 55.8 Å². The first-order chi connectivity index (χ1) is 18.0. The molecule has 1 aromatic heterocycles. The van der Waals surface area contributed by atoms with Crippen molar-refractivity contribution in [3.05, 3.63) is 95.1 Å². The molecule has 1 aliphatic rings.